The molecule has 15 heavy (non-hydrogen) atoms. The van der Waals surface area contributed by atoms with Gasteiger partial charge in [-0.2, -0.15) is 0 Å². The smallest absolute Gasteiger partial charge is 0.231 e. The number of hydrogen-bond donors (Lipinski definition) is 1. The predicted molar refractivity (Wildman–Crippen MR) is 59.5 cm³/mol. The molecule has 1 aromatic carbocycles. The molecule has 0 bridgehead atoms. The Morgan fingerprint density at radius 2 is 1.93 bits per heavy atom. The lowest BCUT2D eigenvalue weighted by molar-refractivity contribution is 0.174. The number of halogens is 1. The van der Waals surface area contributed by atoms with Crippen molar-refractivity contribution < 1.29 is 9.47 Å². The number of ether oxygens (including phenoxy) is 2. The minimum atomic E-state index is -0.280. The van der Waals surface area contributed by atoms with E-state index >= 15 is 0 Å². The van der Waals surface area contributed by atoms with Gasteiger partial charge >= 0.3 is 0 Å². The summed E-state index contributed by atoms with van der Waals surface area (Å²) in [6.45, 7) is 4.20. The molecule has 0 radical (unpaired) electrons. The van der Waals surface area contributed by atoms with Gasteiger partial charge in [0.2, 0.25) is 6.79 Å². The molecule has 1 aromatic rings. The maximum atomic E-state index is 6.12. The van der Waals surface area contributed by atoms with Gasteiger partial charge in [0.1, 0.15) is 0 Å². The first-order chi connectivity index (χ1) is 6.96. The SMILES string of the molecule is CC(C)(N)Cc1cc2c(cc1Cl)OCO2. The normalized spacial score (nSPS) is 14.4. The molecule has 4 heteroatoms. The van der Waals surface area contributed by atoms with Crippen molar-refractivity contribution in [3.63, 3.8) is 0 Å². The third-order valence-corrected chi connectivity index (χ3v) is 2.54. The van der Waals surface area contributed by atoms with E-state index in [0.29, 0.717) is 17.2 Å². The highest BCUT2D eigenvalue weighted by Crippen LogP contribution is 2.37. The average Bonchev–Trinajstić information content (AvgIpc) is 2.49. The minimum Gasteiger partial charge on any atom is -0.454 e. The Balaban J connectivity index is 2.33. The van der Waals surface area contributed by atoms with Crippen LogP contribution >= 0.6 is 11.6 Å². The van der Waals surface area contributed by atoms with Gasteiger partial charge < -0.3 is 15.2 Å². The van der Waals surface area contributed by atoms with E-state index in [2.05, 4.69) is 0 Å². The predicted octanol–water partition coefficient (Wildman–Crippen LogP) is 2.35. The summed E-state index contributed by atoms with van der Waals surface area (Å²) >= 11 is 6.12. The third kappa shape index (κ3) is 2.36. The summed E-state index contributed by atoms with van der Waals surface area (Å²) in [6, 6.07) is 3.68. The van der Waals surface area contributed by atoms with Gasteiger partial charge in [-0.3, -0.25) is 0 Å². The Morgan fingerprint density at radius 1 is 1.33 bits per heavy atom. The van der Waals surface area contributed by atoms with Gasteiger partial charge in [0.05, 0.1) is 0 Å². The third-order valence-electron chi connectivity index (χ3n) is 2.19. The van der Waals surface area contributed by atoms with E-state index in [4.69, 9.17) is 26.8 Å². The van der Waals surface area contributed by atoms with Crippen molar-refractivity contribution in [2.24, 2.45) is 5.73 Å². The minimum absolute atomic E-state index is 0.265. The van der Waals surface area contributed by atoms with Crippen molar-refractivity contribution in [1.29, 1.82) is 0 Å². The van der Waals surface area contributed by atoms with Crippen molar-refractivity contribution in [3.8, 4) is 11.5 Å². The lowest BCUT2D eigenvalue weighted by atomic mass is 9.96. The zero-order valence-electron chi connectivity index (χ0n) is 8.84. The van der Waals surface area contributed by atoms with E-state index in [1.54, 1.807) is 6.07 Å². The Bertz CT molecular complexity index is 385. The highest BCUT2D eigenvalue weighted by atomic mass is 35.5. The molecule has 1 aliphatic heterocycles. The molecule has 0 atom stereocenters. The second-order valence-electron chi connectivity index (χ2n) is 4.46. The molecule has 0 saturated heterocycles. The lowest BCUT2D eigenvalue weighted by Gasteiger charge is -2.19. The zero-order valence-corrected chi connectivity index (χ0v) is 9.60. The molecule has 0 unspecified atom stereocenters. The van der Waals surface area contributed by atoms with E-state index in [0.717, 1.165) is 11.3 Å². The molecule has 0 amide bonds. The van der Waals surface area contributed by atoms with Crippen LogP contribution in [0.15, 0.2) is 12.1 Å². The highest BCUT2D eigenvalue weighted by molar-refractivity contribution is 6.31. The number of nitrogens with two attached hydrogens (primary N) is 1. The number of hydrogen-bond acceptors (Lipinski definition) is 3. The topological polar surface area (TPSA) is 44.5 Å². The quantitative estimate of drug-likeness (QED) is 0.844. The Labute approximate surface area is 94.1 Å². The largest absolute Gasteiger partial charge is 0.454 e. The van der Waals surface area contributed by atoms with Gasteiger partial charge in [0, 0.05) is 16.6 Å². The van der Waals surface area contributed by atoms with Crippen LogP contribution < -0.4 is 15.2 Å². The molecule has 2 N–H and O–H groups in total. The van der Waals surface area contributed by atoms with Crippen LogP contribution in [0.4, 0.5) is 0 Å². The van der Waals surface area contributed by atoms with Crippen LogP contribution in [0, 0.1) is 0 Å². The molecule has 1 aliphatic rings. The molecular formula is C11H14ClNO2. The molecule has 0 fully saturated rings. The molecule has 82 valence electrons. The maximum Gasteiger partial charge on any atom is 0.231 e. The van der Waals surface area contributed by atoms with Gasteiger partial charge in [-0.25, -0.2) is 0 Å². The van der Waals surface area contributed by atoms with Crippen LogP contribution in [0.2, 0.25) is 5.02 Å². The van der Waals surface area contributed by atoms with E-state index in [-0.39, 0.29) is 12.3 Å². The summed E-state index contributed by atoms with van der Waals surface area (Å²) in [5.41, 5.74) is 6.66. The van der Waals surface area contributed by atoms with E-state index < -0.39 is 0 Å². The molecular weight excluding hydrogens is 214 g/mol. The van der Waals surface area contributed by atoms with E-state index in [1.807, 2.05) is 19.9 Å². The van der Waals surface area contributed by atoms with E-state index in [1.165, 1.54) is 0 Å². The second-order valence-corrected chi connectivity index (χ2v) is 4.87. The van der Waals surface area contributed by atoms with Crippen LogP contribution in [0.25, 0.3) is 0 Å². The van der Waals surface area contributed by atoms with Crippen molar-refractivity contribution in [1.82, 2.24) is 0 Å². The average molecular weight is 228 g/mol. The van der Waals surface area contributed by atoms with Gasteiger partial charge in [-0.15, -0.1) is 0 Å². The first kappa shape index (κ1) is 10.6. The summed E-state index contributed by atoms with van der Waals surface area (Å²) in [4.78, 5) is 0. The van der Waals surface area contributed by atoms with Gasteiger partial charge in [-0.1, -0.05) is 11.6 Å². The first-order valence-corrected chi connectivity index (χ1v) is 5.20. The fourth-order valence-corrected chi connectivity index (χ4v) is 1.81. The fraction of sp³-hybridized carbons (Fsp3) is 0.455. The van der Waals surface area contributed by atoms with Gasteiger partial charge in [-0.05, 0) is 31.9 Å². The van der Waals surface area contributed by atoms with Crippen LogP contribution in [-0.2, 0) is 6.42 Å². The van der Waals surface area contributed by atoms with Crippen molar-refractivity contribution >= 4 is 11.6 Å². The molecule has 2 rings (SSSR count). The number of benzene rings is 1. The zero-order chi connectivity index (χ0) is 11.1. The standard InChI is InChI=1S/C11H14ClNO2/c1-11(2,13)5-7-3-9-10(4-8(7)12)15-6-14-9/h3-4H,5-6,13H2,1-2H3. The van der Waals surface area contributed by atoms with Crippen molar-refractivity contribution in [3.05, 3.63) is 22.7 Å². The Morgan fingerprint density at radius 3 is 2.53 bits per heavy atom. The summed E-state index contributed by atoms with van der Waals surface area (Å²) in [6.07, 6.45) is 0.711. The fourth-order valence-electron chi connectivity index (χ4n) is 1.59. The first-order valence-electron chi connectivity index (χ1n) is 4.83. The van der Waals surface area contributed by atoms with Crippen molar-refractivity contribution in [2.45, 2.75) is 25.8 Å². The maximum absolute atomic E-state index is 6.12. The van der Waals surface area contributed by atoms with Crippen molar-refractivity contribution in [2.75, 3.05) is 6.79 Å². The summed E-state index contributed by atoms with van der Waals surface area (Å²) in [7, 11) is 0. The van der Waals surface area contributed by atoms with Crippen LogP contribution in [0.5, 0.6) is 11.5 Å². The Hall–Kier alpha value is -0.930. The highest BCUT2D eigenvalue weighted by Gasteiger charge is 2.20. The van der Waals surface area contributed by atoms with E-state index in [9.17, 15) is 0 Å². The lowest BCUT2D eigenvalue weighted by Crippen LogP contribution is -2.34. The van der Waals surface area contributed by atoms with Gasteiger partial charge in [0.15, 0.2) is 11.5 Å². The number of fused-ring (bicyclic) bond motifs is 1. The molecule has 1 heterocycles. The number of rotatable bonds is 2. The van der Waals surface area contributed by atoms with Crippen LogP contribution in [0.1, 0.15) is 19.4 Å². The molecule has 0 aliphatic carbocycles. The van der Waals surface area contributed by atoms with Crippen LogP contribution in [0.3, 0.4) is 0 Å². The van der Waals surface area contributed by atoms with Crippen LogP contribution in [-0.4, -0.2) is 12.3 Å². The summed E-state index contributed by atoms with van der Waals surface area (Å²) in [5.74, 6) is 1.46. The monoisotopic (exact) mass is 227 g/mol. The molecule has 3 nitrogen and oxygen atoms in total. The summed E-state index contributed by atoms with van der Waals surface area (Å²) < 4.78 is 10.5. The second kappa shape index (κ2) is 3.58. The van der Waals surface area contributed by atoms with Gasteiger partial charge in [0.25, 0.3) is 0 Å². The molecule has 0 saturated carbocycles. The summed E-state index contributed by atoms with van der Waals surface area (Å²) in [5, 5.41) is 0.678. The Kier molecular flexibility index (Phi) is 2.52. The molecule has 0 aromatic heterocycles. The molecule has 0 spiro atoms.